The van der Waals surface area contributed by atoms with E-state index in [1.165, 1.54) is 26.4 Å². The van der Waals surface area contributed by atoms with Crippen molar-refractivity contribution in [2.45, 2.75) is 19.3 Å². The average molecular weight is 391 g/mol. The van der Waals surface area contributed by atoms with Gasteiger partial charge in [0.15, 0.2) is 0 Å². The molecule has 0 saturated carbocycles. The lowest BCUT2D eigenvalue weighted by Crippen LogP contribution is -2.36. The lowest BCUT2D eigenvalue weighted by atomic mass is 10.2. The van der Waals surface area contributed by atoms with Crippen molar-refractivity contribution in [3.05, 3.63) is 17.2 Å². The van der Waals surface area contributed by atoms with Crippen LogP contribution in [0.1, 0.15) is 19.3 Å². The number of amides is 1. The molecule has 0 radical (unpaired) electrons. The summed E-state index contributed by atoms with van der Waals surface area (Å²) in [6.45, 7) is 1.49. The van der Waals surface area contributed by atoms with Crippen molar-refractivity contribution >= 4 is 33.2 Å². The molecular weight excluding hydrogens is 368 g/mol. The minimum absolute atomic E-state index is 0.0231. The molecule has 0 atom stereocenters. The molecule has 140 valence electrons. The summed E-state index contributed by atoms with van der Waals surface area (Å²) in [4.78, 5) is 14.0. The molecule has 9 heteroatoms. The van der Waals surface area contributed by atoms with Crippen LogP contribution < -0.4 is 13.8 Å². The number of likely N-dealkylation sites (tertiary alicyclic amines) is 1. The predicted molar refractivity (Wildman–Crippen MR) is 97.2 cm³/mol. The first-order chi connectivity index (χ1) is 11.8. The second-order valence-corrected chi connectivity index (χ2v) is 8.15. The zero-order valence-corrected chi connectivity index (χ0v) is 16.2. The molecule has 2 rings (SSSR count). The van der Waals surface area contributed by atoms with Crippen LogP contribution in [0, 0.1) is 0 Å². The molecule has 1 amide bonds. The van der Waals surface area contributed by atoms with E-state index in [0.29, 0.717) is 22.2 Å². The van der Waals surface area contributed by atoms with Crippen molar-refractivity contribution in [2.24, 2.45) is 0 Å². The van der Waals surface area contributed by atoms with Gasteiger partial charge in [-0.3, -0.25) is 9.10 Å². The van der Waals surface area contributed by atoms with E-state index in [2.05, 4.69) is 0 Å². The standard InChI is InChI=1S/C16H23ClN2O5S/c1-23-14-11-13(15(24-2)10-12(14)17)19(25(3,21)22)9-6-16(20)18-7-4-5-8-18/h10-11H,4-9H2,1-3H3. The highest BCUT2D eigenvalue weighted by molar-refractivity contribution is 7.92. The third-order valence-electron chi connectivity index (χ3n) is 4.11. The predicted octanol–water partition coefficient (Wildman–Crippen LogP) is 2.14. The maximum absolute atomic E-state index is 12.3. The zero-order valence-electron chi connectivity index (χ0n) is 14.6. The summed E-state index contributed by atoms with van der Waals surface area (Å²) in [5, 5.41) is 0.310. The average Bonchev–Trinajstić information content (AvgIpc) is 3.08. The number of carbonyl (C=O) groups excluding carboxylic acids is 1. The Hall–Kier alpha value is -1.67. The van der Waals surface area contributed by atoms with E-state index >= 15 is 0 Å². The summed E-state index contributed by atoms with van der Waals surface area (Å²) in [5.41, 5.74) is 0.292. The van der Waals surface area contributed by atoms with Crippen molar-refractivity contribution in [1.29, 1.82) is 0 Å². The van der Waals surface area contributed by atoms with Crippen molar-refractivity contribution in [3.63, 3.8) is 0 Å². The Kier molecular flexibility index (Phi) is 6.40. The molecule has 1 aliphatic heterocycles. The fourth-order valence-electron chi connectivity index (χ4n) is 2.83. The van der Waals surface area contributed by atoms with E-state index in [9.17, 15) is 13.2 Å². The fraction of sp³-hybridized carbons (Fsp3) is 0.562. The van der Waals surface area contributed by atoms with Crippen LogP contribution in [0.5, 0.6) is 11.5 Å². The number of rotatable bonds is 7. The summed E-state index contributed by atoms with van der Waals surface area (Å²) in [5.74, 6) is 0.577. The lowest BCUT2D eigenvalue weighted by molar-refractivity contribution is -0.129. The highest BCUT2D eigenvalue weighted by Crippen LogP contribution is 2.39. The molecule has 0 bridgehead atoms. The maximum atomic E-state index is 12.3. The Morgan fingerprint density at radius 2 is 1.80 bits per heavy atom. The number of nitrogens with zero attached hydrogens (tertiary/aromatic N) is 2. The van der Waals surface area contributed by atoms with Crippen LogP contribution in [-0.2, 0) is 14.8 Å². The number of benzene rings is 1. The first kappa shape index (κ1) is 19.7. The molecule has 1 fully saturated rings. The van der Waals surface area contributed by atoms with Gasteiger partial charge in [0, 0.05) is 38.2 Å². The fourth-order valence-corrected chi connectivity index (χ4v) is 3.98. The van der Waals surface area contributed by atoms with Gasteiger partial charge in [-0.25, -0.2) is 8.42 Å². The molecule has 1 aromatic rings. The molecule has 1 heterocycles. The van der Waals surface area contributed by atoms with Gasteiger partial charge in [0.25, 0.3) is 0 Å². The molecule has 0 spiro atoms. The van der Waals surface area contributed by atoms with Gasteiger partial charge in [-0.05, 0) is 12.8 Å². The first-order valence-electron chi connectivity index (χ1n) is 7.95. The minimum Gasteiger partial charge on any atom is -0.495 e. The minimum atomic E-state index is -3.62. The van der Waals surface area contributed by atoms with Crippen LogP contribution in [0.15, 0.2) is 12.1 Å². The Morgan fingerprint density at radius 1 is 1.20 bits per heavy atom. The van der Waals surface area contributed by atoms with Crippen LogP contribution >= 0.6 is 11.6 Å². The molecule has 0 unspecified atom stereocenters. The van der Waals surface area contributed by atoms with Gasteiger partial charge in [-0.2, -0.15) is 0 Å². The molecule has 1 aromatic carbocycles. The first-order valence-corrected chi connectivity index (χ1v) is 10.2. The molecule has 7 nitrogen and oxygen atoms in total. The van der Waals surface area contributed by atoms with Crippen LogP contribution in [0.4, 0.5) is 5.69 Å². The van der Waals surface area contributed by atoms with Gasteiger partial charge in [0.2, 0.25) is 15.9 Å². The Bertz CT molecular complexity index is 732. The summed E-state index contributed by atoms with van der Waals surface area (Å²) in [6.07, 6.45) is 3.17. The number of methoxy groups -OCH3 is 2. The molecule has 0 aliphatic carbocycles. The van der Waals surface area contributed by atoms with Gasteiger partial charge >= 0.3 is 0 Å². The number of hydrogen-bond acceptors (Lipinski definition) is 5. The highest BCUT2D eigenvalue weighted by Gasteiger charge is 2.25. The van der Waals surface area contributed by atoms with E-state index in [0.717, 1.165) is 36.5 Å². The Balaban J connectivity index is 2.30. The topological polar surface area (TPSA) is 76.2 Å². The van der Waals surface area contributed by atoms with Gasteiger partial charge in [-0.15, -0.1) is 0 Å². The summed E-state index contributed by atoms with van der Waals surface area (Å²) >= 11 is 6.08. The maximum Gasteiger partial charge on any atom is 0.232 e. The third-order valence-corrected chi connectivity index (χ3v) is 5.59. The van der Waals surface area contributed by atoms with E-state index in [-0.39, 0.29) is 18.9 Å². The number of sulfonamides is 1. The molecule has 1 aliphatic rings. The number of ether oxygens (including phenoxy) is 2. The van der Waals surface area contributed by atoms with Crippen LogP contribution in [0.25, 0.3) is 0 Å². The largest absolute Gasteiger partial charge is 0.495 e. The highest BCUT2D eigenvalue weighted by atomic mass is 35.5. The number of hydrogen-bond donors (Lipinski definition) is 0. The Labute approximate surface area is 153 Å². The number of halogens is 1. The molecular formula is C16H23ClN2O5S. The summed E-state index contributed by atoms with van der Waals surface area (Å²) in [7, 11) is -0.752. The van der Waals surface area contributed by atoms with Crippen LogP contribution in [0.2, 0.25) is 5.02 Å². The molecule has 1 saturated heterocycles. The van der Waals surface area contributed by atoms with Gasteiger partial charge < -0.3 is 14.4 Å². The lowest BCUT2D eigenvalue weighted by Gasteiger charge is -2.26. The molecule has 25 heavy (non-hydrogen) atoms. The van der Waals surface area contributed by atoms with E-state index in [1.807, 2.05) is 0 Å². The quantitative estimate of drug-likeness (QED) is 0.712. The smallest absolute Gasteiger partial charge is 0.232 e. The molecule has 0 aromatic heterocycles. The summed E-state index contributed by atoms with van der Waals surface area (Å²) < 4.78 is 36.2. The number of carbonyl (C=O) groups is 1. The van der Waals surface area contributed by atoms with Crippen molar-refractivity contribution in [2.75, 3.05) is 44.4 Å². The van der Waals surface area contributed by atoms with Crippen molar-refractivity contribution in [1.82, 2.24) is 4.90 Å². The van der Waals surface area contributed by atoms with Crippen LogP contribution in [0.3, 0.4) is 0 Å². The number of anilines is 1. The zero-order chi connectivity index (χ0) is 18.6. The van der Waals surface area contributed by atoms with Gasteiger partial charge in [0.1, 0.15) is 11.5 Å². The van der Waals surface area contributed by atoms with E-state index < -0.39 is 10.0 Å². The van der Waals surface area contributed by atoms with Gasteiger partial charge in [0.05, 0.1) is 31.2 Å². The van der Waals surface area contributed by atoms with Crippen molar-refractivity contribution in [3.8, 4) is 11.5 Å². The second-order valence-electron chi connectivity index (χ2n) is 5.83. The van der Waals surface area contributed by atoms with E-state index in [4.69, 9.17) is 21.1 Å². The van der Waals surface area contributed by atoms with Crippen LogP contribution in [-0.4, -0.2) is 59.3 Å². The normalized spacial score (nSPS) is 14.5. The molecule has 0 N–H and O–H groups in total. The third kappa shape index (κ3) is 4.70. The summed E-state index contributed by atoms with van der Waals surface area (Å²) in [6, 6.07) is 3.00. The monoisotopic (exact) mass is 390 g/mol. The second kappa shape index (κ2) is 8.14. The SMILES string of the molecule is COc1cc(N(CCC(=O)N2CCCC2)S(C)(=O)=O)c(OC)cc1Cl. The Morgan fingerprint density at radius 3 is 2.32 bits per heavy atom. The van der Waals surface area contributed by atoms with Crippen molar-refractivity contribution < 1.29 is 22.7 Å². The van der Waals surface area contributed by atoms with Gasteiger partial charge in [-0.1, -0.05) is 11.6 Å². The van der Waals surface area contributed by atoms with E-state index in [1.54, 1.807) is 4.90 Å².